The number of anilines is 1. The summed E-state index contributed by atoms with van der Waals surface area (Å²) in [6.07, 6.45) is 3.33. The molecule has 0 saturated carbocycles. The van der Waals surface area contributed by atoms with Crippen LogP contribution in [0.1, 0.15) is 26.7 Å². The first-order valence-electron chi connectivity index (χ1n) is 6.28. The maximum Gasteiger partial charge on any atom is 0.248 e. The number of nitrogens with zero attached hydrogens (tertiary/aromatic N) is 3. The lowest BCUT2D eigenvalue weighted by Crippen LogP contribution is -2.29. The van der Waals surface area contributed by atoms with Gasteiger partial charge < -0.3 is 5.73 Å². The molecule has 102 valence electrons. The number of sulfonamides is 1. The topological polar surface area (TPSA) is 81.2 Å². The zero-order valence-corrected chi connectivity index (χ0v) is 11.7. The number of aryl methyl sites for hydroxylation is 1. The van der Waals surface area contributed by atoms with E-state index in [4.69, 9.17) is 5.73 Å². The average molecular weight is 272 g/mol. The van der Waals surface area contributed by atoms with E-state index in [1.54, 1.807) is 4.68 Å². The summed E-state index contributed by atoms with van der Waals surface area (Å²) in [7, 11) is -3.47. The Bertz CT molecular complexity index is 523. The third kappa shape index (κ3) is 2.37. The van der Waals surface area contributed by atoms with E-state index in [-0.39, 0.29) is 10.7 Å². The molecular weight excluding hydrogens is 252 g/mol. The van der Waals surface area contributed by atoms with E-state index in [0.29, 0.717) is 25.6 Å². The van der Waals surface area contributed by atoms with Gasteiger partial charge in [0.2, 0.25) is 10.0 Å². The highest BCUT2D eigenvalue weighted by molar-refractivity contribution is 7.89. The number of nitrogen functional groups attached to an aromatic ring is 1. The van der Waals surface area contributed by atoms with Gasteiger partial charge in [0.05, 0.1) is 0 Å². The number of hydrogen-bond acceptors (Lipinski definition) is 4. The van der Waals surface area contributed by atoms with Crippen LogP contribution in [0.15, 0.2) is 11.1 Å². The van der Waals surface area contributed by atoms with Crippen LogP contribution in [0.5, 0.6) is 0 Å². The molecule has 2 rings (SSSR count). The molecule has 0 amide bonds. The molecule has 1 saturated heterocycles. The van der Waals surface area contributed by atoms with Gasteiger partial charge >= 0.3 is 0 Å². The highest BCUT2D eigenvalue weighted by atomic mass is 32.2. The number of nitrogens with two attached hydrogens (primary N) is 1. The normalized spacial score (nSPS) is 21.6. The summed E-state index contributed by atoms with van der Waals surface area (Å²) >= 11 is 0. The number of aromatic nitrogens is 2. The molecule has 0 aliphatic carbocycles. The van der Waals surface area contributed by atoms with Gasteiger partial charge in [-0.1, -0.05) is 13.8 Å². The van der Waals surface area contributed by atoms with E-state index in [1.165, 1.54) is 10.5 Å². The van der Waals surface area contributed by atoms with Crippen molar-refractivity contribution in [1.82, 2.24) is 14.1 Å². The first kappa shape index (κ1) is 13.4. The van der Waals surface area contributed by atoms with Crippen molar-refractivity contribution in [3.8, 4) is 0 Å². The predicted octanol–water partition coefficient (Wildman–Crippen LogP) is 0.906. The molecule has 1 aliphatic rings. The third-order valence-corrected chi connectivity index (χ3v) is 5.09. The molecule has 1 fully saturated rings. The van der Waals surface area contributed by atoms with Crippen molar-refractivity contribution in [2.75, 3.05) is 18.8 Å². The smallest absolute Gasteiger partial charge is 0.248 e. The fourth-order valence-corrected chi connectivity index (χ4v) is 3.85. The lowest BCUT2D eigenvalue weighted by Gasteiger charge is -2.14. The SMILES string of the molecule is CCCn1cc(S(=O)(=O)N2CCC(C)C2)c(N)n1. The minimum Gasteiger partial charge on any atom is -0.381 e. The monoisotopic (exact) mass is 272 g/mol. The molecule has 1 atom stereocenters. The quantitative estimate of drug-likeness (QED) is 0.883. The molecule has 0 aromatic carbocycles. The molecule has 1 aliphatic heterocycles. The molecule has 2 heterocycles. The van der Waals surface area contributed by atoms with Crippen LogP contribution in [0.3, 0.4) is 0 Å². The summed E-state index contributed by atoms with van der Waals surface area (Å²) < 4.78 is 27.9. The highest BCUT2D eigenvalue weighted by Gasteiger charge is 2.33. The van der Waals surface area contributed by atoms with Crippen molar-refractivity contribution in [2.45, 2.75) is 38.1 Å². The standard InChI is InChI=1S/C11H20N4O2S/c1-3-5-14-8-10(11(12)13-14)18(16,17)15-6-4-9(2)7-15/h8-9H,3-7H2,1-2H3,(H2,12,13). The van der Waals surface area contributed by atoms with Crippen molar-refractivity contribution >= 4 is 15.8 Å². The number of hydrogen-bond donors (Lipinski definition) is 1. The second-order valence-electron chi connectivity index (χ2n) is 4.90. The predicted molar refractivity (Wildman–Crippen MR) is 69.5 cm³/mol. The molecular formula is C11H20N4O2S. The summed E-state index contributed by atoms with van der Waals surface area (Å²) in [5.41, 5.74) is 5.72. The summed E-state index contributed by atoms with van der Waals surface area (Å²) in [5, 5.41) is 4.05. The van der Waals surface area contributed by atoms with Gasteiger partial charge in [-0.15, -0.1) is 0 Å². The largest absolute Gasteiger partial charge is 0.381 e. The summed E-state index contributed by atoms with van der Waals surface area (Å²) in [6, 6.07) is 0. The molecule has 1 aromatic heterocycles. The van der Waals surface area contributed by atoms with Crippen molar-refractivity contribution in [3.05, 3.63) is 6.20 Å². The fourth-order valence-electron chi connectivity index (χ4n) is 2.21. The van der Waals surface area contributed by atoms with Crippen LogP contribution in [0, 0.1) is 5.92 Å². The molecule has 1 aromatic rings. The van der Waals surface area contributed by atoms with Crippen LogP contribution >= 0.6 is 0 Å². The third-order valence-electron chi connectivity index (χ3n) is 3.21. The fraction of sp³-hybridized carbons (Fsp3) is 0.727. The van der Waals surface area contributed by atoms with E-state index in [0.717, 1.165) is 12.8 Å². The molecule has 0 spiro atoms. The Morgan fingerprint density at radius 3 is 2.83 bits per heavy atom. The summed E-state index contributed by atoms with van der Waals surface area (Å²) in [6.45, 7) is 5.88. The van der Waals surface area contributed by atoms with Gasteiger partial charge in [0.1, 0.15) is 4.90 Å². The lowest BCUT2D eigenvalue weighted by molar-refractivity contribution is 0.464. The summed E-state index contributed by atoms with van der Waals surface area (Å²) in [4.78, 5) is 0.144. The Hall–Kier alpha value is -1.08. The van der Waals surface area contributed by atoms with Gasteiger partial charge in [0.15, 0.2) is 5.82 Å². The van der Waals surface area contributed by atoms with Crippen LogP contribution in [-0.4, -0.2) is 35.6 Å². The van der Waals surface area contributed by atoms with Crippen LogP contribution in [-0.2, 0) is 16.6 Å². The molecule has 0 bridgehead atoms. The maximum atomic E-state index is 12.4. The second-order valence-corrected chi connectivity index (χ2v) is 6.80. The van der Waals surface area contributed by atoms with Crippen molar-refractivity contribution in [1.29, 1.82) is 0 Å². The van der Waals surface area contributed by atoms with E-state index in [2.05, 4.69) is 12.0 Å². The molecule has 2 N–H and O–H groups in total. The van der Waals surface area contributed by atoms with Gasteiger partial charge in [-0.25, -0.2) is 8.42 Å². The second kappa shape index (κ2) is 4.89. The minimum absolute atomic E-state index is 0.100. The van der Waals surface area contributed by atoms with Gasteiger partial charge in [0, 0.05) is 25.8 Å². The van der Waals surface area contributed by atoms with E-state index in [1.807, 2.05) is 6.92 Å². The Morgan fingerprint density at radius 1 is 1.56 bits per heavy atom. The van der Waals surface area contributed by atoms with Crippen molar-refractivity contribution in [2.24, 2.45) is 5.92 Å². The molecule has 0 radical (unpaired) electrons. The molecule has 7 heteroatoms. The first-order valence-corrected chi connectivity index (χ1v) is 7.72. The van der Waals surface area contributed by atoms with Crippen LogP contribution in [0.25, 0.3) is 0 Å². The van der Waals surface area contributed by atoms with Crippen LogP contribution in [0.2, 0.25) is 0 Å². The molecule has 6 nitrogen and oxygen atoms in total. The lowest BCUT2D eigenvalue weighted by atomic mass is 10.2. The average Bonchev–Trinajstić information content (AvgIpc) is 2.86. The van der Waals surface area contributed by atoms with Crippen molar-refractivity contribution in [3.63, 3.8) is 0 Å². The van der Waals surface area contributed by atoms with Gasteiger partial charge in [-0.05, 0) is 18.8 Å². The van der Waals surface area contributed by atoms with Crippen molar-refractivity contribution < 1.29 is 8.42 Å². The molecule has 1 unspecified atom stereocenters. The Labute approximate surface area is 108 Å². The van der Waals surface area contributed by atoms with E-state index >= 15 is 0 Å². The van der Waals surface area contributed by atoms with E-state index in [9.17, 15) is 8.42 Å². The summed E-state index contributed by atoms with van der Waals surface area (Å²) in [5.74, 6) is 0.509. The van der Waals surface area contributed by atoms with Gasteiger partial charge in [-0.2, -0.15) is 9.40 Å². The molecule has 18 heavy (non-hydrogen) atoms. The minimum atomic E-state index is -3.47. The highest BCUT2D eigenvalue weighted by Crippen LogP contribution is 2.26. The Kier molecular flexibility index (Phi) is 3.63. The van der Waals surface area contributed by atoms with Crippen LogP contribution < -0.4 is 5.73 Å². The first-order chi connectivity index (χ1) is 8.45. The Balaban J connectivity index is 2.29. The Morgan fingerprint density at radius 2 is 2.28 bits per heavy atom. The van der Waals surface area contributed by atoms with Gasteiger partial charge in [-0.3, -0.25) is 4.68 Å². The van der Waals surface area contributed by atoms with Crippen LogP contribution in [0.4, 0.5) is 5.82 Å². The van der Waals surface area contributed by atoms with E-state index < -0.39 is 10.0 Å². The zero-order chi connectivity index (χ0) is 13.3. The van der Waals surface area contributed by atoms with Gasteiger partial charge in [0.25, 0.3) is 0 Å². The number of rotatable bonds is 4. The zero-order valence-electron chi connectivity index (χ0n) is 10.8. The maximum absolute atomic E-state index is 12.4.